The van der Waals surface area contributed by atoms with E-state index in [1.165, 1.54) is 4.88 Å². The van der Waals surface area contributed by atoms with Crippen molar-refractivity contribution in [1.29, 1.82) is 0 Å². The monoisotopic (exact) mass is 254 g/mol. The molecule has 0 aliphatic heterocycles. The first-order chi connectivity index (χ1) is 8.75. The van der Waals surface area contributed by atoms with E-state index in [9.17, 15) is 0 Å². The fourth-order valence-electron chi connectivity index (χ4n) is 2.19. The number of benzene rings is 1. The molecule has 3 rings (SSSR count). The molecular formula is C15H14N2S. The lowest BCUT2D eigenvalue weighted by molar-refractivity contribution is 0.882. The maximum Gasteiger partial charge on any atom is 0.0753 e. The zero-order valence-corrected chi connectivity index (χ0v) is 10.9. The number of pyridine rings is 1. The molecule has 0 saturated carbocycles. The average Bonchev–Trinajstić information content (AvgIpc) is 2.84. The molecule has 2 nitrogen and oxygen atoms in total. The van der Waals surface area contributed by atoms with Crippen LogP contribution in [0.4, 0.5) is 0 Å². The van der Waals surface area contributed by atoms with Crippen molar-refractivity contribution in [3.8, 4) is 0 Å². The highest BCUT2D eigenvalue weighted by atomic mass is 32.1. The molecule has 1 aromatic carbocycles. The predicted octanol–water partition coefficient (Wildman–Crippen LogP) is 3.65. The summed E-state index contributed by atoms with van der Waals surface area (Å²) in [7, 11) is 0. The van der Waals surface area contributed by atoms with Gasteiger partial charge in [0.2, 0.25) is 0 Å². The van der Waals surface area contributed by atoms with Gasteiger partial charge >= 0.3 is 0 Å². The summed E-state index contributed by atoms with van der Waals surface area (Å²) in [5, 5.41) is 3.26. The van der Waals surface area contributed by atoms with Crippen molar-refractivity contribution >= 4 is 22.2 Å². The van der Waals surface area contributed by atoms with E-state index in [0.29, 0.717) is 0 Å². The lowest BCUT2D eigenvalue weighted by Crippen LogP contribution is -2.11. The Hall–Kier alpha value is -1.71. The van der Waals surface area contributed by atoms with E-state index in [1.54, 1.807) is 11.3 Å². The van der Waals surface area contributed by atoms with Crippen LogP contribution in [0.3, 0.4) is 0 Å². The van der Waals surface area contributed by atoms with E-state index in [0.717, 1.165) is 22.0 Å². The highest BCUT2D eigenvalue weighted by molar-refractivity contribution is 7.10. The first kappa shape index (κ1) is 11.4. The van der Waals surface area contributed by atoms with Crippen molar-refractivity contribution in [3.63, 3.8) is 0 Å². The van der Waals surface area contributed by atoms with Gasteiger partial charge in [0.1, 0.15) is 0 Å². The molecule has 0 aliphatic carbocycles. The van der Waals surface area contributed by atoms with Crippen LogP contribution in [0.2, 0.25) is 0 Å². The second-order valence-electron chi connectivity index (χ2n) is 4.39. The minimum atomic E-state index is -0.103. The molecule has 18 heavy (non-hydrogen) atoms. The maximum absolute atomic E-state index is 6.36. The summed E-state index contributed by atoms with van der Waals surface area (Å²) in [5.41, 5.74) is 9.61. The molecule has 90 valence electrons. The lowest BCUT2D eigenvalue weighted by atomic mass is 9.99. The molecule has 0 amide bonds. The average molecular weight is 254 g/mol. The molecule has 0 fully saturated rings. The summed E-state index contributed by atoms with van der Waals surface area (Å²) in [6.45, 7) is 2.10. The molecular weight excluding hydrogens is 240 g/mol. The van der Waals surface area contributed by atoms with Crippen LogP contribution in [-0.4, -0.2) is 4.98 Å². The Kier molecular flexibility index (Phi) is 2.86. The number of aromatic nitrogens is 1. The van der Waals surface area contributed by atoms with Gasteiger partial charge in [-0.15, -0.1) is 11.3 Å². The van der Waals surface area contributed by atoms with Gasteiger partial charge < -0.3 is 5.73 Å². The standard InChI is InChI=1S/C15H14N2S/c1-10-8-12(9-18-10)14(16)13-6-2-4-11-5-3-7-17-15(11)13/h2-9,14H,16H2,1H3. The van der Waals surface area contributed by atoms with Gasteiger partial charge in [-0.3, -0.25) is 4.98 Å². The van der Waals surface area contributed by atoms with E-state index in [4.69, 9.17) is 5.73 Å². The third kappa shape index (κ3) is 1.92. The summed E-state index contributed by atoms with van der Waals surface area (Å²) in [6.07, 6.45) is 1.82. The minimum absolute atomic E-state index is 0.103. The number of hydrogen-bond acceptors (Lipinski definition) is 3. The van der Waals surface area contributed by atoms with Gasteiger partial charge in [0, 0.05) is 16.5 Å². The number of aryl methyl sites for hydroxylation is 1. The Morgan fingerprint density at radius 1 is 1.22 bits per heavy atom. The Balaban J connectivity index is 2.14. The Morgan fingerprint density at radius 3 is 2.83 bits per heavy atom. The molecule has 1 unspecified atom stereocenters. The Bertz CT molecular complexity index is 682. The highest BCUT2D eigenvalue weighted by Gasteiger charge is 2.13. The van der Waals surface area contributed by atoms with E-state index < -0.39 is 0 Å². The van der Waals surface area contributed by atoms with Crippen LogP contribution in [0, 0.1) is 6.92 Å². The topological polar surface area (TPSA) is 38.9 Å². The predicted molar refractivity (Wildman–Crippen MR) is 76.8 cm³/mol. The van der Waals surface area contributed by atoms with Crippen molar-refractivity contribution in [2.75, 3.05) is 0 Å². The number of rotatable bonds is 2. The molecule has 3 heteroatoms. The first-order valence-electron chi connectivity index (χ1n) is 5.90. The van der Waals surface area contributed by atoms with E-state index in [1.807, 2.05) is 18.3 Å². The zero-order valence-electron chi connectivity index (χ0n) is 10.1. The molecule has 2 aromatic heterocycles. The van der Waals surface area contributed by atoms with Gasteiger partial charge in [-0.05, 0) is 35.6 Å². The van der Waals surface area contributed by atoms with Gasteiger partial charge in [0.15, 0.2) is 0 Å². The third-order valence-electron chi connectivity index (χ3n) is 3.11. The largest absolute Gasteiger partial charge is 0.320 e. The van der Waals surface area contributed by atoms with Crippen LogP contribution in [0.15, 0.2) is 48.0 Å². The smallest absolute Gasteiger partial charge is 0.0753 e. The molecule has 3 aromatic rings. The summed E-state index contributed by atoms with van der Waals surface area (Å²) in [5.74, 6) is 0. The second-order valence-corrected chi connectivity index (χ2v) is 5.51. The minimum Gasteiger partial charge on any atom is -0.320 e. The molecule has 2 heterocycles. The lowest BCUT2D eigenvalue weighted by Gasteiger charge is -2.12. The molecule has 0 bridgehead atoms. The number of hydrogen-bond donors (Lipinski definition) is 1. The zero-order chi connectivity index (χ0) is 12.5. The van der Waals surface area contributed by atoms with Gasteiger partial charge in [0.05, 0.1) is 11.6 Å². The summed E-state index contributed by atoms with van der Waals surface area (Å²) in [4.78, 5) is 5.74. The molecule has 0 spiro atoms. The number of fused-ring (bicyclic) bond motifs is 1. The van der Waals surface area contributed by atoms with Crippen molar-refractivity contribution in [2.24, 2.45) is 5.73 Å². The summed E-state index contributed by atoms with van der Waals surface area (Å²) >= 11 is 1.73. The van der Waals surface area contributed by atoms with Gasteiger partial charge in [-0.1, -0.05) is 24.3 Å². The third-order valence-corrected chi connectivity index (χ3v) is 3.99. The van der Waals surface area contributed by atoms with Crippen LogP contribution in [-0.2, 0) is 0 Å². The summed E-state index contributed by atoms with van der Waals surface area (Å²) in [6, 6.07) is 12.2. The Morgan fingerprint density at radius 2 is 2.06 bits per heavy atom. The van der Waals surface area contributed by atoms with Crippen LogP contribution in [0.1, 0.15) is 22.0 Å². The SMILES string of the molecule is Cc1cc(C(N)c2cccc3cccnc23)cs1. The first-order valence-corrected chi connectivity index (χ1v) is 6.78. The number of nitrogens with zero attached hydrogens (tertiary/aromatic N) is 1. The van der Waals surface area contributed by atoms with Crippen LogP contribution in [0.5, 0.6) is 0 Å². The maximum atomic E-state index is 6.36. The van der Waals surface area contributed by atoms with Crippen molar-refractivity contribution in [2.45, 2.75) is 13.0 Å². The van der Waals surface area contributed by atoms with Crippen LogP contribution >= 0.6 is 11.3 Å². The normalized spacial score (nSPS) is 12.8. The molecule has 0 radical (unpaired) electrons. The highest BCUT2D eigenvalue weighted by Crippen LogP contribution is 2.28. The second kappa shape index (κ2) is 4.52. The molecule has 0 saturated heterocycles. The van der Waals surface area contributed by atoms with E-state index >= 15 is 0 Å². The molecule has 1 atom stereocenters. The fraction of sp³-hybridized carbons (Fsp3) is 0.133. The quantitative estimate of drug-likeness (QED) is 0.758. The van der Waals surface area contributed by atoms with Gasteiger partial charge in [0.25, 0.3) is 0 Å². The van der Waals surface area contributed by atoms with E-state index in [-0.39, 0.29) is 6.04 Å². The number of nitrogens with two attached hydrogens (primary N) is 1. The van der Waals surface area contributed by atoms with Gasteiger partial charge in [-0.2, -0.15) is 0 Å². The van der Waals surface area contributed by atoms with Crippen LogP contribution < -0.4 is 5.73 Å². The van der Waals surface area contributed by atoms with Crippen LogP contribution in [0.25, 0.3) is 10.9 Å². The van der Waals surface area contributed by atoms with Crippen molar-refractivity contribution in [1.82, 2.24) is 4.98 Å². The molecule has 0 aliphatic rings. The van der Waals surface area contributed by atoms with Crippen molar-refractivity contribution < 1.29 is 0 Å². The number of para-hydroxylation sites is 1. The molecule has 2 N–H and O–H groups in total. The number of thiophene rings is 1. The Labute approximate surface area is 110 Å². The fourth-order valence-corrected chi connectivity index (χ4v) is 2.93. The van der Waals surface area contributed by atoms with E-state index in [2.05, 4.69) is 41.6 Å². The van der Waals surface area contributed by atoms with Gasteiger partial charge in [-0.25, -0.2) is 0 Å². The van der Waals surface area contributed by atoms with Crippen molar-refractivity contribution in [3.05, 3.63) is 64.0 Å². The summed E-state index contributed by atoms with van der Waals surface area (Å²) < 4.78 is 0.